The largest absolute Gasteiger partial charge is 0.345 e. The minimum absolute atomic E-state index is 0. The molecule has 4 heterocycles. The van der Waals surface area contributed by atoms with E-state index in [2.05, 4.69) is 31.6 Å². The molecule has 2 saturated heterocycles. The van der Waals surface area contributed by atoms with E-state index in [4.69, 9.17) is 0 Å². The summed E-state index contributed by atoms with van der Waals surface area (Å²) < 4.78 is 6.34. The lowest BCUT2D eigenvalue weighted by molar-refractivity contribution is 0.0759. The van der Waals surface area contributed by atoms with Crippen LogP contribution in [0.25, 0.3) is 0 Å². The second kappa shape index (κ2) is 9.67. The second-order valence-corrected chi connectivity index (χ2v) is 7.89. The summed E-state index contributed by atoms with van der Waals surface area (Å²) in [6.07, 6.45) is 6.00. The van der Waals surface area contributed by atoms with E-state index >= 15 is 0 Å². The minimum atomic E-state index is 0. The normalized spacial score (nSPS) is 20.5. The Bertz CT molecular complexity index is 774. The molecular formula is C18H28ClN7OS. The average molecular weight is 426 g/mol. The van der Waals surface area contributed by atoms with Crippen LogP contribution in [-0.4, -0.2) is 69.2 Å². The van der Waals surface area contributed by atoms with Crippen LogP contribution in [-0.2, 0) is 6.42 Å². The lowest BCUT2D eigenvalue weighted by Gasteiger charge is -2.23. The van der Waals surface area contributed by atoms with Crippen molar-refractivity contribution in [3.63, 3.8) is 0 Å². The molecule has 10 heteroatoms. The highest BCUT2D eigenvalue weighted by Gasteiger charge is 2.24. The molecule has 1 amide bonds. The van der Waals surface area contributed by atoms with E-state index in [0.717, 1.165) is 69.4 Å². The van der Waals surface area contributed by atoms with E-state index in [0.29, 0.717) is 18.3 Å². The molecule has 154 valence electrons. The minimum Gasteiger partial charge on any atom is -0.345 e. The summed E-state index contributed by atoms with van der Waals surface area (Å²) >= 11 is 1.45. The number of aromatic nitrogens is 4. The summed E-state index contributed by atoms with van der Waals surface area (Å²) in [4.78, 5) is 21.7. The molecule has 28 heavy (non-hydrogen) atoms. The van der Waals surface area contributed by atoms with Crippen molar-refractivity contribution in [1.29, 1.82) is 0 Å². The smallest absolute Gasteiger partial charge is 0.274 e. The lowest BCUT2D eigenvalue weighted by atomic mass is 10.1. The molecule has 0 bridgehead atoms. The van der Waals surface area contributed by atoms with Gasteiger partial charge in [-0.1, -0.05) is 6.92 Å². The van der Waals surface area contributed by atoms with Crippen LogP contribution in [0.2, 0.25) is 0 Å². The topological polar surface area (TPSA) is 79.2 Å². The number of nitrogens with one attached hydrogen (secondary N) is 1. The predicted octanol–water partition coefficient (Wildman–Crippen LogP) is 2.00. The molecule has 1 unspecified atom stereocenters. The molecule has 0 aromatic carbocycles. The number of nitrogens with zero attached hydrogens (tertiary/aromatic N) is 6. The van der Waals surface area contributed by atoms with E-state index in [1.807, 2.05) is 21.8 Å². The first-order valence-electron chi connectivity index (χ1n) is 9.87. The van der Waals surface area contributed by atoms with Gasteiger partial charge in [0.15, 0.2) is 0 Å². The van der Waals surface area contributed by atoms with Crippen LogP contribution in [0.1, 0.15) is 48.5 Å². The number of amides is 1. The quantitative estimate of drug-likeness (QED) is 0.807. The summed E-state index contributed by atoms with van der Waals surface area (Å²) in [7, 11) is 0. The fourth-order valence-corrected chi connectivity index (χ4v) is 4.51. The van der Waals surface area contributed by atoms with E-state index in [-0.39, 0.29) is 18.3 Å². The number of halogens is 1. The molecule has 0 radical (unpaired) electrons. The Morgan fingerprint density at radius 2 is 2.18 bits per heavy atom. The Morgan fingerprint density at radius 3 is 2.93 bits per heavy atom. The van der Waals surface area contributed by atoms with Crippen molar-refractivity contribution in [3.8, 4) is 0 Å². The zero-order chi connectivity index (χ0) is 18.6. The fraction of sp³-hybridized carbons (Fsp3) is 0.667. The van der Waals surface area contributed by atoms with Crippen molar-refractivity contribution in [2.24, 2.45) is 0 Å². The second-order valence-electron chi connectivity index (χ2n) is 7.16. The number of carbonyl (C=O) groups is 1. The number of carbonyl (C=O) groups excluding carboxylic acids is 1. The van der Waals surface area contributed by atoms with E-state index in [1.54, 1.807) is 0 Å². The number of rotatable bonds is 4. The van der Waals surface area contributed by atoms with Gasteiger partial charge in [-0.15, -0.1) is 12.4 Å². The number of hydrogen-bond donors (Lipinski definition) is 1. The zero-order valence-electron chi connectivity index (χ0n) is 16.2. The van der Waals surface area contributed by atoms with Crippen LogP contribution in [0.15, 0.2) is 12.3 Å². The molecule has 2 aromatic rings. The van der Waals surface area contributed by atoms with Crippen LogP contribution in [0.4, 0.5) is 5.13 Å². The van der Waals surface area contributed by atoms with Gasteiger partial charge in [0.05, 0.1) is 6.04 Å². The van der Waals surface area contributed by atoms with Crippen LogP contribution in [0, 0.1) is 0 Å². The molecule has 2 aromatic heterocycles. The first-order chi connectivity index (χ1) is 13.2. The monoisotopic (exact) mass is 425 g/mol. The first-order valence-corrected chi connectivity index (χ1v) is 10.6. The predicted molar refractivity (Wildman–Crippen MR) is 113 cm³/mol. The Hall–Kier alpha value is -1.71. The summed E-state index contributed by atoms with van der Waals surface area (Å²) in [6.45, 7) is 7.21. The van der Waals surface area contributed by atoms with Gasteiger partial charge in [-0.25, -0.2) is 4.98 Å². The van der Waals surface area contributed by atoms with Crippen molar-refractivity contribution >= 4 is 35.0 Å². The van der Waals surface area contributed by atoms with Gasteiger partial charge in [0.2, 0.25) is 5.13 Å². The SMILES string of the molecule is CCc1nsc(N2CCCN(C(=O)c3ccn(C4CCCNC4)n3)CC2)n1.Cl. The molecule has 1 N–H and O–H groups in total. The molecule has 0 aliphatic carbocycles. The van der Waals surface area contributed by atoms with Gasteiger partial charge in [0, 0.05) is 56.9 Å². The van der Waals surface area contributed by atoms with Gasteiger partial charge in [-0.05, 0) is 31.9 Å². The molecule has 2 fully saturated rings. The highest BCUT2D eigenvalue weighted by Crippen LogP contribution is 2.20. The maximum atomic E-state index is 12.9. The molecule has 0 saturated carbocycles. The Balaban J connectivity index is 0.00000225. The van der Waals surface area contributed by atoms with Crippen molar-refractivity contribution < 1.29 is 4.79 Å². The Morgan fingerprint density at radius 1 is 1.29 bits per heavy atom. The van der Waals surface area contributed by atoms with Gasteiger partial charge in [-0.3, -0.25) is 9.48 Å². The van der Waals surface area contributed by atoms with E-state index in [9.17, 15) is 4.79 Å². The van der Waals surface area contributed by atoms with E-state index in [1.165, 1.54) is 11.5 Å². The fourth-order valence-electron chi connectivity index (χ4n) is 3.71. The highest BCUT2D eigenvalue weighted by atomic mass is 35.5. The van der Waals surface area contributed by atoms with Crippen molar-refractivity contribution in [2.45, 2.75) is 38.6 Å². The number of hydrogen-bond acceptors (Lipinski definition) is 7. The van der Waals surface area contributed by atoms with E-state index < -0.39 is 0 Å². The maximum Gasteiger partial charge on any atom is 0.274 e. The van der Waals surface area contributed by atoms with Gasteiger partial charge >= 0.3 is 0 Å². The Kier molecular flexibility index (Phi) is 7.25. The zero-order valence-corrected chi connectivity index (χ0v) is 17.8. The highest BCUT2D eigenvalue weighted by molar-refractivity contribution is 7.09. The van der Waals surface area contributed by atoms with Gasteiger partial charge in [0.1, 0.15) is 11.5 Å². The molecule has 4 rings (SSSR count). The third-order valence-electron chi connectivity index (χ3n) is 5.30. The summed E-state index contributed by atoms with van der Waals surface area (Å²) in [6, 6.07) is 2.21. The Labute approximate surface area is 175 Å². The van der Waals surface area contributed by atoms with Crippen LogP contribution in [0.5, 0.6) is 0 Å². The van der Waals surface area contributed by atoms with Crippen molar-refractivity contribution in [1.82, 2.24) is 29.4 Å². The molecule has 2 aliphatic heterocycles. The standard InChI is InChI=1S/C18H27N7OS.ClH/c1-2-16-20-18(27-22-16)24-9-4-8-23(11-12-24)17(26)15-6-10-25(21-15)14-5-3-7-19-13-14;/h6,10,14,19H,2-5,7-9,11-13H2,1H3;1H. The molecule has 0 spiro atoms. The van der Waals surface area contributed by atoms with Gasteiger partial charge in [-0.2, -0.15) is 9.47 Å². The molecule has 2 aliphatic rings. The van der Waals surface area contributed by atoms with Crippen molar-refractivity contribution in [2.75, 3.05) is 44.2 Å². The molecular weight excluding hydrogens is 398 g/mol. The van der Waals surface area contributed by atoms with Crippen molar-refractivity contribution in [3.05, 3.63) is 23.8 Å². The maximum absolute atomic E-state index is 12.9. The number of piperidine rings is 1. The lowest BCUT2D eigenvalue weighted by Crippen LogP contribution is -2.36. The van der Waals surface area contributed by atoms with Crippen LogP contribution < -0.4 is 10.2 Å². The average Bonchev–Trinajstić information content (AvgIpc) is 3.33. The van der Waals surface area contributed by atoms with Crippen LogP contribution >= 0.6 is 23.9 Å². The molecule has 8 nitrogen and oxygen atoms in total. The number of aryl methyl sites for hydroxylation is 1. The summed E-state index contributed by atoms with van der Waals surface area (Å²) in [5.74, 6) is 0.931. The van der Waals surface area contributed by atoms with Crippen LogP contribution in [0.3, 0.4) is 0 Å². The first kappa shape index (κ1) is 21.0. The molecule has 1 atom stereocenters. The third-order valence-corrected chi connectivity index (χ3v) is 6.11. The summed E-state index contributed by atoms with van der Waals surface area (Å²) in [5.41, 5.74) is 0.554. The number of anilines is 1. The van der Waals surface area contributed by atoms with Gasteiger partial charge < -0.3 is 15.1 Å². The summed E-state index contributed by atoms with van der Waals surface area (Å²) in [5, 5.41) is 8.95. The van der Waals surface area contributed by atoms with Gasteiger partial charge in [0.25, 0.3) is 5.91 Å². The third kappa shape index (κ3) is 4.64.